The van der Waals surface area contributed by atoms with E-state index in [1.54, 1.807) is 17.0 Å². The van der Waals surface area contributed by atoms with Gasteiger partial charge >= 0.3 is 5.97 Å². The van der Waals surface area contributed by atoms with Crippen molar-refractivity contribution in [1.29, 1.82) is 0 Å². The third kappa shape index (κ3) is 5.19. The third-order valence-corrected chi connectivity index (χ3v) is 4.63. The quantitative estimate of drug-likeness (QED) is 0.654. The van der Waals surface area contributed by atoms with E-state index in [4.69, 9.17) is 4.74 Å². The Morgan fingerprint density at radius 1 is 0.885 bits per heavy atom. The molecule has 0 N–H and O–H groups in total. The van der Waals surface area contributed by atoms with Crippen molar-refractivity contribution in [3.8, 4) is 0 Å². The van der Waals surface area contributed by atoms with Crippen molar-refractivity contribution in [2.24, 2.45) is 0 Å². The lowest BCUT2D eigenvalue weighted by molar-refractivity contribution is 0.0199. The molecule has 4 nitrogen and oxygen atoms in total. The summed E-state index contributed by atoms with van der Waals surface area (Å²) in [7, 11) is 1.81. The Bertz CT molecular complexity index is 700. The lowest BCUT2D eigenvalue weighted by Gasteiger charge is -2.30. The van der Waals surface area contributed by atoms with Gasteiger partial charge in [-0.15, -0.1) is 0 Å². The van der Waals surface area contributed by atoms with E-state index < -0.39 is 0 Å². The third-order valence-electron chi connectivity index (χ3n) is 4.63. The first kappa shape index (κ1) is 19.7. The van der Waals surface area contributed by atoms with Crippen LogP contribution in [0.5, 0.6) is 0 Å². The summed E-state index contributed by atoms with van der Waals surface area (Å²) < 4.78 is 5.68. The van der Waals surface area contributed by atoms with Crippen molar-refractivity contribution in [3.63, 3.8) is 0 Å². The molecule has 1 amide bonds. The first-order valence-electron chi connectivity index (χ1n) is 9.15. The molecule has 138 valence electrons. The van der Waals surface area contributed by atoms with E-state index in [2.05, 4.69) is 0 Å². The van der Waals surface area contributed by atoms with E-state index in [1.807, 2.05) is 69.4 Å². The van der Waals surface area contributed by atoms with Crippen molar-refractivity contribution in [2.45, 2.75) is 45.3 Å². The van der Waals surface area contributed by atoms with E-state index in [1.165, 1.54) is 0 Å². The van der Waals surface area contributed by atoms with Crippen molar-refractivity contribution < 1.29 is 14.3 Å². The molecule has 0 aliphatic carbocycles. The van der Waals surface area contributed by atoms with Crippen LogP contribution in [-0.2, 0) is 4.74 Å². The Hall–Kier alpha value is -2.62. The average molecular weight is 353 g/mol. The topological polar surface area (TPSA) is 46.6 Å². The molecule has 0 saturated heterocycles. The minimum atomic E-state index is -0.315. The van der Waals surface area contributed by atoms with Crippen LogP contribution < -0.4 is 0 Å². The van der Waals surface area contributed by atoms with E-state index in [9.17, 15) is 9.59 Å². The fourth-order valence-corrected chi connectivity index (χ4v) is 2.94. The maximum Gasteiger partial charge on any atom is 0.338 e. The molecule has 0 spiro atoms. The zero-order valence-corrected chi connectivity index (χ0v) is 15.7. The Balaban J connectivity index is 2.02. The Labute approximate surface area is 155 Å². The van der Waals surface area contributed by atoms with Crippen LogP contribution in [0.15, 0.2) is 60.7 Å². The molecule has 0 heterocycles. The highest BCUT2D eigenvalue weighted by Crippen LogP contribution is 2.18. The van der Waals surface area contributed by atoms with Gasteiger partial charge in [-0.25, -0.2) is 4.79 Å². The van der Waals surface area contributed by atoms with Gasteiger partial charge in [0, 0.05) is 25.1 Å². The summed E-state index contributed by atoms with van der Waals surface area (Å²) in [6, 6.07) is 18.3. The second-order valence-corrected chi connectivity index (χ2v) is 6.38. The molecular formula is C22H27NO3. The number of carbonyl (C=O) groups is 2. The summed E-state index contributed by atoms with van der Waals surface area (Å²) in [5, 5.41) is 0. The maximum atomic E-state index is 12.7. The standard InChI is InChI=1S/C22H27NO3/c1-4-19(23(3)21(24)17-12-8-6-9-13-17)16-20(5-2)26-22(25)18-14-10-7-11-15-18/h6-15,19-20H,4-5,16H2,1-3H3. The van der Waals surface area contributed by atoms with E-state index in [-0.39, 0.29) is 24.0 Å². The number of ether oxygens (including phenoxy) is 1. The lowest BCUT2D eigenvalue weighted by atomic mass is 10.0. The number of hydrogen-bond acceptors (Lipinski definition) is 3. The minimum Gasteiger partial charge on any atom is -0.459 e. The number of nitrogens with zero attached hydrogens (tertiary/aromatic N) is 1. The summed E-state index contributed by atoms with van der Waals surface area (Å²) in [5.74, 6) is -0.328. The summed E-state index contributed by atoms with van der Waals surface area (Å²) in [6.45, 7) is 4.04. The SMILES string of the molecule is CCC(CC(CC)N(C)C(=O)c1ccccc1)OC(=O)c1ccccc1. The molecule has 0 aliphatic heterocycles. The van der Waals surface area contributed by atoms with Gasteiger partial charge in [-0.1, -0.05) is 50.2 Å². The summed E-state index contributed by atoms with van der Waals surface area (Å²) in [4.78, 5) is 26.7. The molecule has 0 radical (unpaired) electrons. The van der Waals surface area contributed by atoms with E-state index in [0.717, 1.165) is 6.42 Å². The molecular weight excluding hydrogens is 326 g/mol. The van der Waals surface area contributed by atoms with Gasteiger partial charge in [0.25, 0.3) is 5.91 Å². The molecule has 0 fully saturated rings. The van der Waals surface area contributed by atoms with Gasteiger partial charge in [-0.3, -0.25) is 4.79 Å². The fourth-order valence-electron chi connectivity index (χ4n) is 2.94. The zero-order chi connectivity index (χ0) is 18.9. The molecule has 2 aromatic carbocycles. The van der Waals surface area contributed by atoms with Crippen LogP contribution in [0.3, 0.4) is 0 Å². The first-order chi connectivity index (χ1) is 12.6. The highest BCUT2D eigenvalue weighted by molar-refractivity contribution is 5.94. The number of carbonyl (C=O) groups excluding carboxylic acids is 2. The maximum absolute atomic E-state index is 12.7. The molecule has 26 heavy (non-hydrogen) atoms. The molecule has 0 bridgehead atoms. The van der Waals surface area contributed by atoms with Gasteiger partial charge in [0.2, 0.25) is 0 Å². The van der Waals surface area contributed by atoms with Crippen LogP contribution in [0, 0.1) is 0 Å². The first-order valence-corrected chi connectivity index (χ1v) is 9.15. The lowest BCUT2D eigenvalue weighted by Crippen LogP contribution is -2.39. The van der Waals surface area contributed by atoms with Gasteiger partial charge in [-0.2, -0.15) is 0 Å². The van der Waals surface area contributed by atoms with Crippen LogP contribution in [0.1, 0.15) is 53.8 Å². The van der Waals surface area contributed by atoms with Gasteiger partial charge in [0.15, 0.2) is 0 Å². The average Bonchev–Trinajstić information content (AvgIpc) is 2.71. The number of esters is 1. The van der Waals surface area contributed by atoms with E-state index >= 15 is 0 Å². The predicted octanol–water partition coefficient (Wildman–Crippen LogP) is 4.56. The predicted molar refractivity (Wildman–Crippen MR) is 103 cm³/mol. The normalized spacial score (nSPS) is 12.9. The number of amides is 1. The van der Waals surface area contributed by atoms with Crippen molar-refractivity contribution in [1.82, 2.24) is 4.90 Å². The molecule has 2 atom stereocenters. The minimum absolute atomic E-state index is 0.0104. The fraction of sp³-hybridized carbons (Fsp3) is 0.364. The molecule has 0 saturated carbocycles. The monoisotopic (exact) mass is 353 g/mol. The summed E-state index contributed by atoms with van der Waals surface area (Å²) in [6.07, 6.45) is 1.91. The zero-order valence-electron chi connectivity index (χ0n) is 15.7. The molecule has 2 aromatic rings. The Kier molecular flexibility index (Phi) is 7.39. The van der Waals surface area contributed by atoms with Crippen LogP contribution >= 0.6 is 0 Å². The van der Waals surface area contributed by atoms with Gasteiger partial charge in [-0.05, 0) is 37.1 Å². The van der Waals surface area contributed by atoms with Crippen molar-refractivity contribution in [3.05, 3.63) is 71.8 Å². The van der Waals surface area contributed by atoms with Crippen LogP contribution in [-0.4, -0.2) is 36.0 Å². The van der Waals surface area contributed by atoms with E-state index in [0.29, 0.717) is 24.0 Å². The molecule has 0 aliphatic rings. The molecule has 2 unspecified atom stereocenters. The smallest absolute Gasteiger partial charge is 0.338 e. The van der Waals surface area contributed by atoms with Gasteiger partial charge in [0.05, 0.1) is 5.56 Å². The largest absolute Gasteiger partial charge is 0.459 e. The molecule has 0 aromatic heterocycles. The van der Waals surface area contributed by atoms with Gasteiger partial charge < -0.3 is 9.64 Å². The second kappa shape index (κ2) is 9.76. The Morgan fingerprint density at radius 2 is 1.42 bits per heavy atom. The second-order valence-electron chi connectivity index (χ2n) is 6.38. The van der Waals surface area contributed by atoms with Crippen LogP contribution in [0.25, 0.3) is 0 Å². The highest BCUT2D eigenvalue weighted by atomic mass is 16.5. The van der Waals surface area contributed by atoms with Crippen LogP contribution in [0.2, 0.25) is 0 Å². The van der Waals surface area contributed by atoms with Crippen molar-refractivity contribution in [2.75, 3.05) is 7.05 Å². The molecule has 2 rings (SSSR count). The van der Waals surface area contributed by atoms with Crippen LogP contribution in [0.4, 0.5) is 0 Å². The van der Waals surface area contributed by atoms with Gasteiger partial charge in [0.1, 0.15) is 6.10 Å². The van der Waals surface area contributed by atoms with Crippen molar-refractivity contribution >= 4 is 11.9 Å². The number of rotatable bonds is 8. The summed E-state index contributed by atoms with van der Waals surface area (Å²) >= 11 is 0. The number of hydrogen-bond donors (Lipinski definition) is 0. The summed E-state index contributed by atoms with van der Waals surface area (Å²) in [5.41, 5.74) is 1.22. The number of benzene rings is 2. The molecule has 4 heteroatoms. The Morgan fingerprint density at radius 3 is 1.92 bits per heavy atom. The highest BCUT2D eigenvalue weighted by Gasteiger charge is 2.24.